The molecule has 0 saturated heterocycles. The molecule has 118 valence electrons. The molecule has 0 aliphatic carbocycles. The van der Waals surface area contributed by atoms with E-state index in [2.05, 4.69) is 15.3 Å². The van der Waals surface area contributed by atoms with Crippen LogP contribution in [0.3, 0.4) is 0 Å². The van der Waals surface area contributed by atoms with Gasteiger partial charge in [-0.05, 0) is 43.0 Å². The fraction of sp³-hybridized carbons (Fsp3) is 0.188. The van der Waals surface area contributed by atoms with Gasteiger partial charge < -0.3 is 10.3 Å². The number of rotatable bonds is 4. The molecule has 3 rings (SSSR count). The molecule has 3 aromatic rings. The van der Waals surface area contributed by atoms with Crippen molar-refractivity contribution in [3.63, 3.8) is 0 Å². The summed E-state index contributed by atoms with van der Waals surface area (Å²) in [4.78, 5) is 32.0. The number of thioether (sulfide) groups is 1. The molecule has 1 amide bonds. The van der Waals surface area contributed by atoms with Crippen LogP contribution in [0.1, 0.15) is 12.5 Å². The number of nitrogens with zero attached hydrogens (tertiary/aromatic N) is 1. The number of H-pyrrole nitrogens is 1. The monoisotopic (exact) mass is 345 g/mol. The van der Waals surface area contributed by atoms with Crippen LogP contribution in [0.2, 0.25) is 0 Å². The zero-order chi connectivity index (χ0) is 16.4. The summed E-state index contributed by atoms with van der Waals surface area (Å²) in [7, 11) is 0. The summed E-state index contributed by atoms with van der Waals surface area (Å²) < 4.78 is 0. The van der Waals surface area contributed by atoms with Crippen LogP contribution in [0.5, 0.6) is 0 Å². The molecule has 0 fully saturated rings. The molecule has 1 aromatic carbocycles. The Morgan fingerprint density at radius 3 is 3.00 bits per heavy atom. The molecule has 0 bridgehead atoms. The standard InChI is InChI=1S/C16H15N3O2S2/c1-9-4-3-5-11(8-9)17-13(20)10(2)23-16-18-14(21)12-6-7-22-15(12)19-16/h3-8,10H,1-2H3,(H,17,20)(H,18,19,21)/t10-/m1/s1. The van der Waals surface area contributed by atoms with Crippen molar-refractivity contribution in [3.05, 3.63) is 51.6 Å². The average Bonchev–Trinajstić information content (AvgIpc) is 2.96. The lowest BCUT2D eigenvalue weighted by Gasteiger charge is -2.11. The lowest BCUT2D eigenvalue weighted by Crippen LogP contribution is -2.23. The summed E-state index contributed by atoms with van der Waals surface area (Å²) in [5.41, 5.74) is 1.67. The van der Waals surface area contributed by atoms with Crippen LogP contribution in [0.15, 0.2) is 45.7 Å². The van der Waals surface area contributed by atoms with Gasteiger partial charge in [-0.3, -0.25) is 9.59 Å². The first-order chi connectivity index (χ1) is 11.0. The number of carbonyl (C=O) groups is 1. The van der Waals surface area contributed by atoms with Gasteiger partial charge in [-0.2, -0.15) is 0 Å². The van der Waals surface area contributed by atoms with Gasteiger partial charge in [0.05, 0.1) is 10.6 Å². The van der Waals surface area contributed by atoms with Gasteiger partial charge in [-0.25, -0.2) is 4.98 Å². The van der Waals surface area contributed by atoms with Gasteiger partial charge in [0.15, 0.2) is 5.16 Å². The van der Waals surface area contributed by atoms with Gasteiger partial charge in [0.2, 0.25) is 5.91 Å². The van der Waals surface area contributed by atoms with Gasteiger partial charge in [0.1, 0.15) is 4.83 Å². The van der Waals surface area contributed by atoms with Gasteiger partial charge in [-0.15, -0.1) is 11.3 Å². The van der Waals surface area contributed by atoms with Crippen molar-refractivity contribution in [2.24, 2.45) is 0 Å². The molecule has 2 aromatic heterocycles. The van der Waals surface area contributed by atoms with E-state index in [1.807, 2.05) is 36.6 Å². The van der Waals surface area contributed by atoms with Crippen molar-refractivity contribution in [3.8, 4) is 0 Å². The van der Waals surface area contributed by atoms with Crippen molar-refractivity contribution < 1.29 is 4.79 Å². The molecule has 5 nitrogen and oxygen atoms in total. The quantitative estimate of drug-likeness (QED) is 0.561. The second-order valence-electron chi connectivity index (χ2n) is 5.13. The van der Waals surface area contributed by atoms with Crippen LogP contribution in [0, 0.1) is 6.92 Å². The third kappa shape index (κ3) is 3.62. The fourth-order valence-corrected chi connectivity index (χ4v) is 3.71. The number of amides is 1. The smallest absolute Gasteiger partial charge is 0.260 e. The van der Waals surface area contributed by atoms with Crippen LogP contribution in [0.25, 0.3) is 10.2 Å². The number of benzene rings is 1. The van der Waals surface area contributed by atoms with Gasteiger partial charge >= 0.3 is 0 Å². The molecule has 0 aliphatic rings. The second-order valence-corrected chi connectivity index (χ2v) is 7.35. The highest BCUT2D eigenvalue weighted by molar-refractivity contribution is 8.00. The van der Waals surface area contributed by atoms with E-state index in [0.717, 1.165) is 11.3 Å². The Labute approximate surface area is 141 Å². The predicted molar refractivity (Wildman–Crippen MR) is 95.4 cm³/mol. The molecule has 23 heavy (non-hydrogen) atoms. The number of carbonyl (C=O) groups excluding carboxylic acids is 1. The topological polar surface area (TPSA) is 74.8 Å². The van der Waals surface area contributed by atoms with Crippen molar-refractivity contribution in [2.45, 2.75) is 24.3 Å². The highest BCUT2D eigenvalue weighted by atomic mass is 32.2. The number of aryl methyl sites for hydroxylation is 1. The summed E-state index contributed by atoms with van der Waals surface area (Å²) in [6.45, 7) is 3.76. The van der Waals surface area contributed by atoms with Crippen LogP contribution in [0.4, 0.5) is 5.69 Å². The number of hydrogen-bond acceptors (Lipinski definition) is 5. The third-order valence-corrected chi connectivity index (χ3v) is 5.05. The van der Waals surface area contributed by atoms with Crippen LogP contribution in [-0.4, -0.2) is 21.1 Å². The zero-order valence-corrected chi connectivity index (χ0v) is 14.3. The van der Waals surface area contributed by atoms with E-state index in [-0.39, 0.29) is 16.7 Å². The lowest BCUT2D eigenvalue weighted by atomic mass is 10.2. The lowest BCUT2D eigenvalue weighted by molar-refractivity contribution is -0.115. The number of fused-ring (bicyclic) bond motifs is 1. The first-order valence-corrected chi connectivity index (χ1v) is 8.80. The number of hydrogen-bond donors (Lipinski definition) is 2. The summed E-state index contributed by atoms with van der Waals surface area (Å²) in [6.07, 6.45) is 0. The maximum atomic E-state index is 12.3. The SMILES string of the molecule is Cc1cccc(NC(=O)[C@@H](C)Sc2nc3sccc3c(=O)[nH]2)c1. The highest BCUT2D eigenvalue weighted by Crippen LogP contribution is 2.23. The fourth-order valence-electron chi connectivity index (χ4n) is 2.09. The van der Waals surface area contributed by atoms with E-state index >= 15 is 0 Å². The number of aromatic amines is 1. The highest BCUT2D eigenvalue weighted by Gasteiger charge is 2.17. The van der Waals surface area contributed by atoms with Crippen molar-refractivity contribution >= 4 is 44.9 Å². The van der Waals surface area contributed by atoms with Gasteiger partial charge in [0.25, 0.3) is 5.56 Å². The Balaban J connectivity index is 1.73. The second kappa shape index (κ2) is 6.55. The molecule has 1 atom stereocenters. The number of nitrogens with one attached hydrogen (secondary N) is 2. The molecule has 0 unspecified atom stereocenters. The first kappa shape index (κ1) is 15.8. The Hall–Kier alpha value is -2.12. The summed E-state index contributed by atoms with van der Waals surface area (Å²) >= 11 is 2.65. The Bertz CT molecular complexity index is 917. The van der Waals surface area contributed by atoms with Crippen LogP contribution >= 0.6 is 23.1 Å². The maximum Gasteiger partial charge on any atom is 0.260 e. The molecule has 0 aliphatic heterocycles. The average molecular weight is 345 g/mol. The van der Waals surface area contributed by atoms with Crippen molar-refractivity contribution in [1.29, 1.82) is 0 Å². The first-order valence-electron chi connectivity index (χ1n) is 7.04. The van der Waals surface area contributed by atoms with E-state index < -0.39 is 0 Å². The molecule has 0 radical (unpaired) electrons. The normalized spacial score (nSPS) is 12.3. The summed E-state index contributed by atoms with van der Waals surface area (Å²) in [6, 6.07) is 9.37. The summed E-state index contributed by atoms with van der Waals surface area (Å²) in [5, 5.41) is 5.36. The molecular weight excluding hydrogens is 330 g/mol. The number of aromatic nitrogens is 2. The van der Waals surface area contributed by atoms with Gasteiger partial charge in [-0.1, -0.05) is 23.9 Å². The zero-order valence-electron chi connectivity index (χ0n) is 12.6. The van der Waals surface area contributed by atoms with E-state index in [9.17, 15) is 9.59 Å². The molecule has 0 saturated carbocycles. The predicted octanol–water partition coefficient (Wildman–Crippen LogP) is 3.41. The Morgan fingerprint density at radius 1 is 1.39 bits per heavy atom. The maximum absolute atomic E-state index is 12.3. The van der Waals surface area contributed by atoms with Crippen molar-refractivity contribution in [2.75, 3.05) is 5.32 Å². The minimum atomic E-state index is -0.379. The molecule has 2 N–H and O–H groups in total. The minimum absolute atomic E-state index is 0.130. The Morgan fingerprint density at radius 2 is 2.22 bits per heavy atom. The number of anilines is 1. The van der Waals surface area contributed by atoms with Crippen LogP contribution < -0.4 is 10.9 Å². The van der Waals surface area contributed by atoms with Crippen molar-refractivity contribution in [1.82, 2.24) is 9.97 Å². The molecule has 0 spiro atoms. The van der Waals surface area contributed by atoms with Gasteiger partial charge in [0, 0.05) is 5.69 Å². The Kier molecular flexibility index (Phi) is 4.49. The number of thiophene rings is 1. The largest absolute Gasteiger partial charge is 0.325 e. The summed E-state index contributed by atoms with van der Waals surface area (Å²) in [5.74, 6) is -0.130. The molecular formula is C16H15N3O2S2. The molecule has 7 heteroatoms. The van der Waals surface area contributed by atoms with E-state index in [1.165, 1.54) is 23.1 Å². The third-order valence-electron chi connectivity index (χ3n) is 3.26. The van der Waals surface area contributed by atoms with E-state index in [0.29, 0.717) is 15.4 Å². The van der Waals surface area contributed by atoms with E-state index in [1.54, 1.807) is 13.0 Å². The van der Waals surface area contributed by atoms with E-state index in [4.69, 9.17) is 0 Å². The van der Waals surface area contributed by atoms with Crippen LogP contribution in [-0.2, 0) is 4.79 Å². The minimum Gasteiger partial charge on any atom is -0.325 e. The molecule has 2 heterocycles.